The number of hydrogen-bond donors (Lipinski definition) is 3. The van der Waals surface area contributed by atoms with Crippen LogP contribution in [0.4, 0.5) is 14.6 Å². The fraction of sp³-hybridized carbons (Fsp3) is 0.312. The molecule has 0 aliphatic carbocycles. The SMILES string of the molecule is CN(CCNCCO)c1nc(-c2n[nH]c3ncccc23)c(F)cc1F. The molecule has 3 heterocycles. The Morgan fingerprint density at radius 1 is 1.24 bits per heavy atom. The summed E-state index contributed by atoms with van der Waals surface area (Å²) in [7, 11) is 1.66. The summed E-state index contributed by atoms with van der Waals surface area (Å²) < 4.78 is 28.5. The van der Waals surface area contributed by atoms with Crippen molar-refractivity contribution in [3.8, 4) is 11.4 Å². The molecular weight excluding hydrogens is 330 g/mol. The highest BCUT2D eigenvalue weighted by Gasteiger charge is 2.20. The summed E-state index contributed by atoms with van der Waals surface area (Å²) in [4.78, 5) is 9.84. The average Bonchev–Trinajstić information content (AvgIpc) is 3.03. The molecular formula is C16H18F2N6O. The van der Waals surface area contributed by atoms with Gasteiger partial charge in [0.2, 0.25) is 0 Å². The van der Waals surface area contributed by atoms with Gasteiger partial charge in [-0.05, 0) is 12.1 Å². The zero-order chi connectivity index (χ0) is 17.8. The van der Waals surface area contributed by atoms with Gasteiger partial charge in [-0.2, -0.15) is 5.10 Å². The van der Waals surface area contributed by atoms with Gasteiger partial charge in [-0.25, -0.2) is 18.7 Å². The van der Waals surface area contributed by atoms with Crippen LogP contribution in [0.15, 0.2) is 24.4 Å². The van der Waals surface area contributed by atoms with Gasteiger partial charge in [0, 0.05) is 44.3 Å². The predicted octanol–water partition coefficient (Wildman–Crippen LogP) is 1.32. The standard InChI is InChI=1S/C16H18F2N6O/c1-24(7-5-19-6-8-25)16-12(18)9-11(17)14(21-16)13-10-3-2-4-20-15(10)23-22-13/h2-4,9,19,25H,5-8H2,1H3,(H,20,22,23). The highest BCUT2D eigenvalue weighted by Crippen LogP contribution is 2.29. The van der Waals surface area contributed by atoms with Crippen molar-refractivity contribution in [1.82, 2.24) is 25.5 Å². The molecule has 0 saturated carbocycles. The van der Waals surface area contributed by atoms with Gasteiger partial charge >= 0.3 is 0 Å². The van der Waals surface area contributed by atoms with Crippen molar-refractivity contribution in [3.05, 3.63) is 36.0 Å². The molecule has 3 rings (SSSR count). The van der Waals surface area contributed by atoms with Gasteiger partial charge in [0.15, 0.2) is 23.1 Å². The number of likely N-dealkylation sites (N-methyl/N-ethyl adjacent to an activating group) is 1. The van der Waals surface area contributed by atoms with Crippen molar-refractivity contribution in [2.24, 2.45) is 0 Å². The van der Waals surface area contributed by atoms with Gasteiger partial charge < -0.3 is 15.3 Å². The van der Waals surface area contributed by atoms with Crippen molar-refractivity contribution in [2.75, 3.05) is 38.2 Å². The molecule has 0 fully saturated rings. The Bertz CT molecular complexity index is 869. The Balaban J connectivity index is 1.93. The number of rotatable bonds is 7. The Morgan fingerprint density at radius 2 is 2.08 bits per heavy atom. The Labute approximate surface area is 142 Å². The molecule has 0 radical (unpaired) electrons. The lowest BCUT2D eigenvalue weighted by Crippen LogP contribution is -2.31. The van der Waals surface area contributed by atoms with Crippen LogP contribution in [0, 0.1) is 11.6 Å². The molecule has 0 amide bonds. The van der Waals surface area contributed by atoms with Crippen LogP contribution < -0.4 is 10.2 Å². The summed E-state index contributed by atoms with van der Waals surface area (Å²) in [6.45, 7) is 1.44. The number of pyridine rings is 2. The van der Waals surface area contributed by atoms with E-state index in [0.29, 0.717) is 30.7 Å². The first-order valence-electron chi connectivity index (χ1n) is 7.80. The topological polar surface area (TPSA) is 90.0 Å². The minimum atomic E-state index is -0.787. The molecule has 0 unspecified atom stereocenters. The third-order valence-corrected chi connectivity index (χ3v) is 3.75. The molecule has 7 nitrogen and oxygen atoms in total. The summed E-state index contributed by atoms with van der Waals surface area (Å²) in [5.74, 6) is -1.50. The van der Waals surface area contributed by atoms with Crippen molar-refractivity contribution < 1.29 is 13.9 Å². The number of halogens is 2. The number of aromatic nitrogens is 4. The minimum Gasteiger partial charge on any atom is -0.395 e. The van der Waals surface area contributed by atoms with Crippen LogP contribution in [0.1, 0.15) is 0 Å². The van der Waals surface area contributed by atoms with E-state index in [2.05, 4.69) is 25.5 Å². The van der Waals surface area contributed by atoms with E-state index in [9.17, 15) is 8.78 Å². The largest absolute Gasteiger partial charge is 0.395 e. The molecule has 132 valence electrons. The number of aromatic amines is 1. The fourth-order valence-corrected chi connectivity index (χ4v) is 2.48. The molecule has 3 aromatic rings. The second kappa shape index (κ2) is 7.49. The Morgan fingerprint density at radius 3 is 2.88 bits per heavy atom. The maximum atomic E-state index is 14.3. The highest BCUT2D eigenvalue weighted by molar-refractivity contribution is 5.89. The first-order chi connectivity index (χ1) is 12.1. The number of hydrogen-bond acceptors (Lipinski definition) is 6. The maximum absolute atomic E-state index is 14.3. The monoisotopic (exact) mass is 348 g/mol. The molecule has 0 saturated heterocycles. The normalized spacial score (nSPS) is 11.2. The number of aliphatic hydroxyl groups is 1. The Kier molecular flexibility index (Phi) is 5.15. The van der Waals surface area contributed by atoms with E-state index in [-0.39, 0.29) is 23.8 Å². The van der Waals surface area contributed by atoms with Gasteiger partial charge in [-0.1, -0.05) is 0 Å². The first-order valence-corrected chi connectivity index (χ1v) is 7.80. The number of aliphatic hydroxyl groups excluding tert-OH is 1. The molecule has 9 heteroatoms. The number of H-pyrrole nitrogens is 1. The van der Waals surface area contributed by atoms with E-state index in [1.165, 1.54) is 0 Å². The van der Waals surface area contributed by atoms with Gasteiger partial charge in [-0.3, -0.25) is 5.10 Å². The van der Waals surface area contributed by atoms with Crippen LogP contribution >= 0.6 is 0 Å². The van der Waals surface area contributed by atoms with Crippen LogP contribution in [0.25, 0.3) is 22.4 Å². The average molecular weight is 348 g/mol. The summed E-state index contributed by atoms with van der Waals surface area (Å²) >= 11 is 0. The maximum Gasteiger partial charge on any atom is 0.168 e. The smallest absolute Gasteiger partial charge is 0.168 e. The molecule has 0 spiro atoms. The van der Waals surface area contributed by atoms with Crippen LogP contribution in [-0.4, -0.2) is 58.6 Å². The highest BCUT2D eigenvalue weighted by atomic mass is 19.1. The van der Waals surface area contributed by atoms with Crippen LogP contribution in [0.3, 0.4) is 0 Å². The first kappa shape index (κ1) is 17.2. The lowest BCUT2D eigenvalue weighted by atomic mass is 10.2. The number of nitrogens with zero attached hydrogens (tertiary/aromatic N) is 4. The van der Waals surface area contributed by atoms with Crippen molar-refractivity contribution in [2.45, 2.75) is 0 Å². The van der Waals surface area contributed by atoms with E-state index < -0.39 is 11.6 Å². The molecule has 3 aromatic heterocycles. The van der Waals surface area contributed by atoms with Gasteiger partial charge in [0.25, 0.3) is 0 Å². The van der Waals surface area contributed by atoms with Crippen molar-refractivity contribution in [3.63, 3.8) is 0 Å². The van der Waals surface area contributed by atoms with Gasteiger partial charge in [-0.15, -0.1) is 0 Å². The second-order valence-electron chi connectivity index (χ2n) is 5.49. The number of anilines is 1. The summed E-state index contributed by atoms with van der Waals surface area (Å²) in [6, 6.07) is 4.27. The fourth-order valence-electron chi connectivity index (χ4n) is 2.48. The second-order valence-corrected chi connectivity index (χ2v) is 5.49. The predicted molar refractivity (Wildman–Crippen MR) is 90.3 cm³/mol. The third-order valence-electron chi connectivity index (χ3n) is 3.75. The van der Waals surface area contributed by atoms with E-state index in [4.69, 9.17) is 5.11 Å². The van der Waals surface area contributed by atoms with Gasteiger partial charge in [0.05, 0.1) is 6.61 Å². The Hall–Kier alpha value is -2.65. The number of fused-ring (bicyclic) bond motifs is 1. The van der Waals surface area contributed by atoms with E-state index >= 15 is 0 Å². The van der Waals surface area contributed by atoms with E-state index in [0.717, 1.165) is 6.07 Å². The summed E-state index contributed by atoms with van der Waals surface area (Å²) in [5, 5.41) is 19.1. The van der Waals surface area contributed by atoms with Crippen LogP contribution in [0.2, 0.25) is 0 Å². The summed E-state index contributed by atoms with van der Waals surface area (Å²) in [5.41, 5.74) is 0.755. The molecule has 0 atom stereocenters. The van der Waals surface area contributed by atoms with Crippen molar-refractivity contribution in [1.29, 1.82) is 0 Å². The zero-order valence-corrected chi connectivity index (χ0v) is 13.6. The minimum absolute atomic E-state index is 0.0251. The zero-order valence-electron chi connectivity index (χ0n) is 13.6. The molecule has 0 bridgehead atoms. The molecule has 0 aliphatic rings. The lowest BCUT2D eigenvalue weighted by Gasteiger charge is -2.19. The summed E-state index contributed by atoms with van der Waals surface area (Å²) in [6.07, 6.45) is 1.59. The third kappa shape index (κ3) is 3.57. The van der Waals surface area contributed by atoms with Crippen molar-refractivity contribution >= 4 is 16.9 Å². The molecule has 0 aromatic carbocycles. The van der Waals surface area contributed by atoms with Gasteiger partial charge in [0.1, 0.15) is 11.4 Å². The molecule has 3 N–H and O–H groups in total. The number of nitrogens with one attached hydrogen (secondary N) is 2. The van der Waals surface area contributed by atoms with Crippen LogP contribution in [0.5, 0.6) is 0 Å². The van der Waals surface area contributed by atoms with Crippen LogP contribution in [-0.2, 0) is 0 Å². The van der Waals surface area contributed by atoms with E-state index in [1.807, 2.05) is 0 Å². The quantitative estimate of drug-likeness (QED) is 0.558. The molecule has 0 aliphatic heterocycles. The van der Waals surface area contributed by atoms with E-state index in [1.54, 1.807) is 30.3 Å². The molecule has 25 heavy (non-hydrogen) atoms. The lowest BCUT2D eigenvalue weighted by molar-refractivity contribution is 0.293.